The summed E-state index contributed by atoms with van der Waals surface area (Å²) in [7, 11) is -3.89. The summed E-state index contributed by atoms with van der Waals surface area (Å²) in [6.07, 6.45) is 0.699. The molecule has 30 heavy (non-hydrogen) atoms. The van der Waals surface area contributed by atoms with Gasteiger partial charge in [-0.25, -0.2) is 8.42 Å². The zero-order chi connectivity index (χ0) is 22.1. The molecule has 0 saturated carbocycles. The van der Waals surface area contributed by atoms with Crippen molar-refractivity contribution in [2.24, 2.45) is 5.92 Å². The molecule has 1 saturated heterocycles. The number of nitrogens with one attached hydrogen (secondary N) is 1. The van der Waals surface area contributed by atoms with Crippen LogP contribution >= 0.6 is 11.6 Å². The van der Waals surface area contributed by atoms with E-state index in [-0.39, 0.29) is 35.5 Å². The number of carbonyl (C=O) groups excluding carboxylic acids is 1. The maximum atomic E-state index is 13.0. The quantitative estimate of drug-likeness (QED) is 0.547. The summed E-state index contributed by atoms with van der Waals surface area (Å²) in [5.74, 6) is -0.552. The van der Waals surface area contributed by atoms with Gasteiger partial charge in [0.1, 0.15) is 0 Å². The Labute approximate surface area is 180 Å². The van der Waals surface area contributed by atoms with Crippen LogP contribution in [0.1, 0.15) is 24.0 Å². The van der Waals surface area contributed by atoms with Gasteiger partial charge in [0.25, 0.3) is 5.69 Å². The van der Waals surface area contributed by atoms with E-state index in [0.717, 1.165) is 11.6 Å². The van der Waals surface area contributed by atoms with Crippen molar-refractivity contribution >= 4 is 38.9 Å². The van der Waals surface area contributed by atoms with Crippen molar-refractivity contribution in [1.82, 2.24) is 4.31 Å². The molecule has 1 heterocycles. The van der Waals surface area contributed by atoms with Gasteiger partial charge in [-0.3, -0.25) is 14.9 Å². The zero-order valence-electron chi connectivity index (χ0n) is 16.6. The highest BCUT2D eigenvalue weighted by Gasteiger charge is 2.33. The van der Waals surface area contributed by atoms with Gasteiger partial charge in [0.2, 0.25) is 15.9 Å². The standard InChI is InChI=1S/C20H22ClN3O5S/c1-13-3-6-18(17(21)11-13)22-20(25)15-7-9-23(10-8-15)30(28,29)19-12-16(24(26)27)5-4-14(19)2/h3-6,11-12,15H,7-10H2,1-2H3,(H,22,25). The third-order valence-electron chi connectivity index (χ3n) is 5.21. The van der Waals surface area contributed by atoms with Crippen molar-refractivity contribution in [3.63, 3.8) is 0 Å². The van der Waals surface area contributed by atoms with Crippen LogP contribution in [0.15, 0.2) is 41.3 Å². The van der Waals surface area contributed by atoms with Gasteiger partial charge >= 0.3 is 0 Å². The summed E-state index contributed by atoms with van der Waals surface area (Å²) in [6, 6.07) is 9.13. The lowest BCUT2D eigenvalue weighted by molar-refractivity contribution is -0.385. The number of aryl methyl sites for hydroxylation is 2. The number of carbonyl (C=O) groups is 1. The summed E-state index contributed by atoms with van der Waals surface area (Å²) in [5, 5.41) is 14.3. The van der Waals surface area contributed by atoms with Gasteiger partial charge in [0.05, 0.1) is 20.5 Å². The summed E-state index contributed by atoms with van der Waals surface area (Å²) < 4.78 is 27.3. The summed E-state index contributed by atoms with van der Waals surface area (Å²) in [4.78, 5) is 22.9. The topological polar surface area (TPSA) is 110 Å². The lowest BCUT2D eigenvalue weighted by Crippen LogP contribution is -2.41. The molecule has 0 spiro atoms. The van der Waals surface area contributed by atoms with Gasteiger partial charge in [-0.1, -0.05) is 23.7 Å². The highest BCUT2D eigenvalue weighted by Crippen LogP contribution is 2.29. The Kier molecular flexibility index (Phi) is 6.44. The minimum absolute atomic E-state index is 0.0777. The van der Waals surface area contributed by atoms with Crippen molar-refractivity contribution in [1.29, 1.82) is 0 Å². The van der Waals surface area contributed by atoms with Gasteiger partial charge < -0.3 is 5.32 Å². The fourth-order valence-corrected chi connectivity index (χ4v) is 5.43. The summed E-state index contributed by atoms with van der Waals surface area (Å²) in [5.41, 5.74) is 1.67. The van der Waals surface area contributed by atoms with E-state index < -0.39 is 14.9 Å². The second kappa shape index (κ2) is 8.71. The molecule has 8 nitrogen and oxygen atoms in total. The molecule has 160 valence electrons. The molecule has 1 aliphatic heterocycles. The molecule has 2 aromatic rings. The number of sulfonamides is 1. The maximum Gasteiger partial charge on any atom is 0.270 e. The number of benzene rings is 2. The Balaban J connectivity index is 1.69. The van der Waals surface area contributed by atoms with E-state index in [1.807, 2.05) is 13.0 Å². The van der Waals surface area contributed by atoms with E-state index in [0.29, 0.717) is 29.1 Å². The third-order valence-corrected chi connectivity index (χ3v) is 7.56. The molecule has 0 aromatic heterocycles. The van der Waals surface area contributed by atoms with Crippen LogP contribution in [-0.4, -0.2) is 36.6 Å². The lowest BCUT2D eigenvalue weighted by atomic mass is 9.97. The van der Waals surface area contributed by atoms with Crippen LogP contribution in [-0.2, 0) is 14.8 Å². The van der Waals surface area contributed by atoms with Crippen LogP contribution in [0.5, 0.6) is 0 Å². The molecule has 0 aliphatic carbocycles. The second-order valence-electron chi connectivity index (χ2n) is 7.36. The molecular formula is C20H22ClN3O5S. The Morgan fingerprint density at radius 3 is 2.43 bits per heavy atom. The molecule has 1 aliphatic rings. The molecule has 3 rings (SSSR count). The van der Waals surface area contributed by atoms with Crippen molar-refractivity contribution in [2.45, 2.75) is 31.6 Å². The number of hydrogen-bond donors (Lipinski definition) is 1. The SMILES string of the molecule is Cc1ccc(NC(=O)C2CCN(S(=O)(=O)c3cc([N+](=O)[O-])ccc3C)CC2)c(Cl)c1. The normalized spacial score (nSPS) is 15.7. The number of halogens is 1. The predicted molar refractivity (Wildman–Crippen MR) is 114 cm³/mol. The first-order chi connectivity index (χ1) is 14.1. The van der Waals surface area contributed by atoms with Crippen LogP contribution in [0, 0.1) is 29.9 Å². The van der Waals surface area contributed by atoms with E-state index in [2.05, 4.69) is 5.32 Å². The smallest absolute Gasteiger partial charge is 0.270 e. The van der Waals surface area contributed by atoms with Crippen molar-refractivity contribution in [3.05, 3.63) is 62.7 Å². The molecule has 0 unspecified atom stereocenters. The number of nitro benzene ring substituents is 1. The van der Waals surface area contributed by atoms with Crippen LogP contribution < -0.4 is 5.32 Å². The largest absolute Gasteiger partial charge is 0.325 e. The number of amides is 1. The molecule has 1 fully saturated rings. The van der Waals surface area contributed by atoms with Crippen LogP contribution in [0.4, 0.5) is 11.4 Å². The summed E-state index contributed by atoms with van der Waals surface area (Å²) in [6.45, 7) is 3.81. The molecule has 0 atom stereocenters. The molecule has 10 heteroatoms. The molecule has 1 amide bonds. The summed E-state index contributed by atoms with van der Waals surface area (Å²) >= 11 is 6.16. The van der Waals surface area contributed by atoms with E-state index in [1.54, 1.807) is 19.1 Å². The average molecular weight is 452 g/mol. The van der Waals surface area contributed by atoms with Gasteiger partial charge in [0.15, 0.2) is 0 Å². The number of rotatable bonds is 5. The number of non-ortho nitro benzene ring substituents is 1. The van der Waals surface area contributed by atoms with E-state index >= 15 is 0 Å². The Bertz CT molecular complexity index is 1100. The highest BCUT2D eigenvalue weighted by atomic mass is 35.5. The second-order valence-corrected chi connectivity index (χ2v) is 9.67. The van der Waals surface area contributed by atoms with Crippen LogP contribution in [0.25, 0.3) is 0 Å². The highest BCUT2D eigenvalue weighted by molar-refractivity contribution is 7.89. The molecule has 2 aromatic carbocycles. The molecule has 0 radical (unpaired) electrons. The minimum Gasteiger partial charge on any atom is -0.325 e. The number of hydrogen-bond acceptors (Lipinski definition) is 5. The monoisotopic (exact) mass is 451 g/mol. The first-order valence-electron chi connectivity index (χ1n) is 9.42. The lowest BCUT2D eigenvalue weighted by Gasteiger charge is -2.31. The van der Waals surface area contributed by atoms with E-state index in [4.69, 9.17) is 11.6 Å². The van der Waals surface area contributed by atoms with Gasteiger partial charge in [-0.05, 0) is 49.9 Å². The zero-order valence-corrected chi connectivity index (χ0v) is 18.2. The molecule has 0 bridgehead atoms. The van der Waals surface area contributed by atoms with Gasteiger partial charge in [0, 0.05) is 31.1 Å². The van der Waals surface area contributed by atoms with Crippen molar-refractivity contribution < 1.29 is 18.1 Å². The first kappa shape index (κ1) is 22.2. The fraction of sp³-hybridized carbons (Fsp3) is 0.350. The van der Waals surface area contributed by atoms with Gasteiger partial charge in [-0.15, -0.1) is 0 Å². The maximum absolute atomic E-state index is 13.0. The number of nitro groups is 1. The Hall–Kier alpha value is -2.49. The van der Waals surface area contributed by atoms with E-state index in [1.165, 1.54) is 16.4 Å². The molecular weight excluding hydrogens is 430 g/mol. The van der Waals surface area contributed by atoms with Crippen molar-refractivity contribution in [2.75, 3.05) is 18.4 Å². The molecule has 1 N–H and O–H groups in total. The number of nitrogens with zero attached hydrogens (tertiary/aromatic N) is 2. The number of anilines is 1. The third kappa shape index (κ3) is 4.63. The first-order valence-corrected chi connectivity index (χ1v) is 11.2. The Morgan fingerprint density at radius 1 is 1.17 bits per heavy atom. The number of piperidine rings is 1. The van der Waals surface area contributed by atoms with Gasteiger partial charge in [-0.2, -0.15) is 4.31 Å². The predicted octanol–water partition coefficient (Wildman–Crippen LogP) is 3.90. The van der Waals surface area contributed by atoms with E-state index in [9.17, 15) is 23.3 Å². The van der Waals surface area contributed by atoms with Crippen LogP contribution in [0.3, 0.4) is 0 Å². The van der Waals surface area contributed by atoms with Crippen molar-refractivity contribution in [3.8, 4) is 0 Å². The van der Waals surface area contributed by atoms with Crippen LogP contribution in [0.2, 0.25) is 5.02 Å². The fourth-order valence-electron chi connectivity index (χ4n) is 3.43. The minimum atomic E-state index is -3.89. The average Bonchev–Trinajstić information content (AvgIpc) is 2.70. The Morgan fingerprint density at radius 2 is 1.83 bits per heavy atom.